The molecule has 0 atom stereocenters. The van der Waals surface area contributed by atoms with E-state index >= 15 is 0 Å². The summed E-state index contributed by atoms with van der Waals surface area (Å²) < 4.78 is 0. The fraction of sp³-hybridized carbons (Fsp3) is 0.200. The highest BCUT2D eigenvalue weighted by molar-refractivity contribution is 7.99. The summed E-state index contributed by atoms with van der Waals surface area (Å²) in [7, 11) is 0. The molecule has 0 aliphatic carbocycles. The van der Waals surface area contributed by atoms with Crippen LogP contribution >= 0.6 is 11.8 Å². The van der Waals surface area contributed by atoms with Crippen molar-refractivity contribution in [1.29, 1.82) is 5.26 Å². The molecule has 1 heterocycles. The van der Waals surface area contributed by atoms with Crippen LogP contribution < -0.4 is 5.32 Å². The van der Waals surface area contributed by atoms with Crippen LogP contribution in [0, 0.1) is 11.3 Å². The van der Waals surface area contributed by atoms with Gasteiger partial charge < -0.3 is 5.32 Å². The van der Waals surface area contributed by atoms with Gasteiger partial charge in [0.1, 0.15) is 11.8 Å². The lowest BCUT2D eigenvalue weighted by atomic mass is 10.3. The van der Waals surface area contributed by atoms with E-state index in [0.717, 1.165) is 24.4 Å². The minimum absolute atomic E-state index is 0.449. The normalized spacial score (nSPS) is 9.84. The molecule has 0 fully saturated rings. The van der Waals surface area contributed by atoms with Gasteiger partial charge in [0.2, 0.25) is 0 Å². The average Bonchev–Trinajstić information content (AvgIpc) is 2.49. The van der Waals surface area contributed by atoms with Crippen LogP contribution in [0.4, 0.5) is 5.69 Å². The molecule has 1 aromatic heterocycles. The highest BCUT2D eigenvalue weighted by Gasteiger charge is 1.95. The Morgan fingerprint density at radius 3 is 2.68 bits per heavy atom. The average molecular weight is 269 g/mol. The number of anilines is 1. The van der Waals surface area contributed by atoms with E-state index in [1.165, 1.54) is 4.90 Å². The molecule has 1 N–H and O–H groups in total. The molecule has 0 bridgehead atoms. The third-order valence-electron chi connectivity index (χ3n) is 2.54. The summed E-state index contributed by atoms with van der Waals surface area (Å²) >= 11 is 1.86. The second-order valence-corrected chi connectivity index (χ2v) is 5.15. The first-order chi connectivity index (χ1) is 9.38. The molecule has 2 rings (SSSR count). The minimum atomic E-state index is 0.449. The van der Waals surface area contributed by atoms with Crippen LogP contribution in [0.3, 0.4) is 0 Å². The molecule has 0 unspecified atom stereocenters. The van der Waals surface area contributed by atoms with Crippen molar-refractivity contribution >= 4 is 17.4 Å². The Morgan fingerprint density at radius 1 is 1.16 bits per heavy atom. The zero-order valence-electron chi connectivity index (χ0n) is 10.5. The third kappa shape index (κ3) is 4.65. The zero-order valence-corrected chi connectivity index (χ0v) is 11.4. The van der Waals surface area contributed by atoms with Gasteiger partial charge in [-0.1, -0.05) is 18.2 Å². The fourth-order valence-electron chi connectivity index (χ4n) is 1.58. The summed E-state index contributed by atoms with van der Waals surface area (Å²) in [6, 6.07) is 16.0. The van der Waals surface area contributed by atoms with Gasteiger partial charge >= 0.3 is 0 Å². The van der Waals surface area contributed by atoms with E-state index in [1.807, 2.05) is 30.0 Å². The molecule has 0 aliphatic heterocycles. The Hall–Kier alpha value is -1.99. The van der Waals surface area contributed by atoms with Crippen LogP contribution in [0.2, 0.25) is 0 Å². The van der Waals surface area contributed by atoms with Gasteiger partial charge in [0.05, 0.1) is 11.9 Å². The lowest BCUT2D eigenvalue weighted by Gasteiger charge is -2.05. The smallest absolute Gasteiger partial charge is 0.140 e. The molecule has 0 saturated carbocycles. The van der Waals surface area contributed by atoms with Gasteiger partial charge in [-0.3, -0.25) is 0 Å². The molecule has 0 aliphatic rings. The number of hydrogen-bond acceptors (Lipinski definition) is 4. The maximum atomic E-state index is 8.65. The van der Waals surface area contributed by atoms with Gasteiger partial charge in [0.15, 0.2) is 0 Å². The van der Waals surface area contributed by atoms with E-state index in [0.29, 0.717) is 5.69 Å². The van der Waals surface area contributed by atoms with Gasteiger partial charge in [-0.15, -0.1) is 11.8 Å². The Bertz CT molecular complexity index is 532. The Kier molecular flexibility index (Phi) is 5.27. The first-order valence-corrected chi connectivity index (χ1v) is 7.15. The third-order valence-corrected chi connectivity index (χ3v) is 3.64. The molecule has 4 heteroatoms. The minimum Gasteiger partial charge on any atom is -0.384 e. The molecule has 19 heavy (non-hydrogen) atoms. The van der Waals surface area contributed by atoms with Crippen molar-refractivity contribution in [3.63, 3.8) is 0 Å². The van der Waals surface area contributed by atoms with E-state index in [-0.39, 0.29) is 0 Å². The van der Waals surface area contributed by atoms with Gasteiger partial charge in [-0.2, -0.15) is 5.26 Å². The second kappa shape index (κ2) is 7.45. The van der Waals surface area contributed by atoms with Crippen LogP contribution in [0.15, 0.2) is 53.6 Å². The highest BCUT2D eigenvalue weighted by atomic mass is 32.2. The van der Waals surface area contributed by atoms with Crippen molar-refractivity contribution in [2.45, 2.75) is 11.3 Å². The van der Waals surface area contributed by atoms with Gasteiger partial charge in [-0.05, 0) is 36.4 Å². The molecule has 0 spiro atoms. The molecule has 0 radical (unpaired) electrons. The number of nitrogens with zero attached hydrogens (tertiary/aromatic N) is 2. The summed E-state index contributed by atoms with van der Waals surface area (Å²) in [6.07, 6.45) is 2.78. The van der Waals surface area contributed by atoms with Crippen LogP contribution in [0.5, 0.6) is 0 Å². The number of pyridine rings is 1. The SMILES string of the molecule is N#Cc1ccc(NCCCSc2ccccc2)cn1. The molecule has 0 amide bonds. The number of hydrogen-bond donors (Lipinski definition) is 1. The molecule has 3 nitrogen and oxygen atoms in total. The number of thioether (sulfide) groups is 1. The van der Waals surface area contributed by atoms with Crippen molar-refractivity contribution < 1.29 is 0 Å². The van der Waals surface area contributed by atoms with E-state index in [1.54, 1.807) is 12.3 Å². The highest BCUT2D eigenvalue weighted by Crippen LogP contribution is 2.17. The monoisotopic (exact) mass is 269 g/mol. The Labute approximate surface area is 117 Å². The lowest BCUT2D eigenvalue weighted by molar-refractivity contribution is 0.988. The summed E-state index contributed by atoms with van der Waals surface area (Å²) in [5.74, 6) is 1.08. The molecule has 0 saturated heterocycles. The predicted octanol–water partition coefficient (Wildman–Crippen LogP) is 3.55. The lowest BCUT2D eigenvalue weighted by Crippen LogP contribution is -2.03. The van der Waals surface area contributed by atoms with Gasteiger partial charge in [-0.25, -0.2) is 4.98 Å². The zero-order chi connectivity index (χ0) is 13.3. The number of nitriles is 1. The summed E-state index contributed by atoms with van der Waals surface area (Å²) in [4.78, 5) is 5.32. The van der Waals surface area contributed by atoms with Crippen LogP contribution in [-0.4, -0.2) is 17.3 Å². The molecular formula is C15H15N3S. The van der Waals surface area contributed by atoms with Crippen molar-refractivity contribution in [3.05, 3.63) is 54.4 Å². The fourth-order valence-corrected chi connectivity index (χ4v) is 2.45. The largest absolute Gasteiger partial charge is 0.384 e. The van der Waals surface area contributed by atoms with Crippen LogP contribution in [0.25, 0.3) is 0 Å². The van der Waals surface area contributed by atoms with E-state index < -0.39 is 0 Å². The molecule has 1 aromatic carbocycles. The van der Waals surface area contributed by atoms with E-state index in [4.69, 9.17) is 5.26 Å². The Balaban J connectivity index is 1.65. The first kappa shape index (κ1) is 13.4. The van der Waals surface area contributed by atoms with Gasteiger partial charge in [0, 0.05) is 11.4 Å². The van der Waals surface area contributed by atoms with E-state index in [2.05, 4.69) is 34.6 Å². The molecule has 2 aromatic rings. The van der Waals surface area contributed by atoms with Crippen molar-refractivity contribution in [3.8, 4) is 6.07 Å². The number of benzene rings is 1. The summed E-state index contributed by atoms with van der Waals surface area (Å²) in [5.41, 5.74) is 1.41. The maximum absolute atomic E-state index is 8.65. The van der Waals surface area contributed by atoms with Crippen molar-refractivity contribution in [2.24, 2.45) is 0 Å². The number of aromatic nitrogens is 1. The van der Waals surface area contributed by atoms with Crippen LogP contribution in [0.1, 0.15) is 12.1 Å². The topological polar surface area (TPSA) is 48.7 Å². The number of rotatable bonds is 6. The van der Waals surface area contributed by atoms with Crippen molar-refractivity contribution in [1.82, 2.24) is 4.98 Å². The number of nitrogens with one attached hydrogen (secondary N) is 1. The maximum Gasteiger partial charge on any atom is 0.140 e. The molecule has 96 valence electrons. The first-order valence-electron chi connectivity index (χ1n) is 6.16. The van der Waals surface area contributed by atoms with E-state index in [9.17, 15) is 0 Å². The van der Waals surface area contributed by atoms with Crippen molar-refractivity contribution in [2.75, 3.05) is 17.6 Å². The Morgan fingerprint density at radius 2 is 2.00 bits per heavy atom. The van der Waals surface area contributed by atoms with Crippen LogP contribution in [-0.2, 0) is 0 Å². The summed E-state index contributed by atoms with van der Waals surface area (Å²) in [5, 5.41) is 11.9. The standard InChI is InChI=1S/C15H15N3S/c16-11-13-7-8-14(12-18-13)17-9-4-10-19-15-5-2-1-3-6-15/h1-3,5-8,12,17H,4,9-10H2. The predicted molar refractivity (Wildman–Crippen MR) is 79.2 cm³/mol. The quantitative estimate of drug-likeness (QED) is 0.643. The van der Waals surface area contributed by atoms with Gasteiger partial charge in [0.25, 0.3) is 0 Å². The second-order valence-electron chi connectivity index (χ2n) is 3.99. The molecular weight excluding hydrogens is 254 g/mol. The summed E-state index contributed by atoms with van der Waals surface area (Å²) in [6.45, 7) is 0.910.